The van der Waals surface area contributed by atoms with Crippen LogP contribution in [0.3, 0.4) is 0 Å². The van der Waals surface area contributed by atoms with Crippen molar-refractivity contribution in [2.75, 3.05) is 19.1 Å². The van der Waals surface area contributed by atoms with Crippen LogP contribution in [0.4, 0.5) is 5.13 Å². The molecule has 3 heterocycles. The number of ether oxygens (including phenoxy) is 2. The summed E-state index contributed by atoms with van der Waals surface area (Å²) in [7, 11) is 3.18. The lowest BCUT2D eigenvalue weighted by Gasteiger charge is -2.17. The highest BCUT2D eigenvalue weighted by atomic mass is 32.1. The Bertz CT molecular complexity index is 1300. The molecule has 0 fully saturated rings. The number of thiazole rings is 1. The quantitative estimate of drug-likeness (QED) is 0.351. The van der Waals surface area contributed by atoms with Crippen molar-refractivity contribution in [3.05, 3.63) is 72.4 Å². The maximum absolute atomic E-state index is 13.5. The number of amides is 1. The lowest BCUT2D eigenvalue weighted by molar-refractivity contribution is 0.0958. The van der Waals surface area contributed by atoms with Gasteiger partial charge in [-0.2, -0.15) is 0 Å². The Hall–Kier alpha value is -3.78. The van der Waals surface area contributed by atoms with Crippen LogP contribution in [0.15, 0.2) is 69.7 Å². The number of rotatable bonds is 6. The first kappa shape index (κ1) is 19.2. The van der Waals surface area contributed by atoms with Crippen molar-refractivity contribution >= 4 is 43.6 Å². The first-order valence-electron chi connectivity index (χ1n) is 9.52. The number of hydrogen-bond donors (Lipinski definition) is 0. The number of furan rings is 2. The van der Waals surface area contributed by atoms with E-state index in [9.17, 15) is 4.79 Å². The highest BCUT2D eigenvalue weighted by molar-refractivity contribution is 7.22. The summed E-state index contributed by atoms with van der Waals surface area (Å²) in [6.45, 7) is 0.202. The molecule has 5 rings (SSSR count). The van der Waals surface area contributed by atoms with Gasteiger partial charge in [-0.15, -0.1) is 0 Å². The van der Waals surface area contributed by atoms with Gasteiger partial charge in [0.2, 0.25) is 0 Å². The molecular formula is C23H18N2O5S. The van der Waals surface area contributed by atoms with Crippen molar-refractivity contribution in [1.29, 1.82) is 0 Å². The minimum atomic E-state index is -0.315. The van der Waals surface area contributed by atoms with E-state index in [0.29, 0.717) is 33.5 Å². The second-order valence-corrected chi connectivity index (χ2v) is 7.74. The Morgan fingerprint density at radius 3 is 2.61 bits per heavy atom. The Kier molecular flexibility index (Phi) is 4.83. The summed E-state index contributed by atoms with van der Waals surface area (Å²) in [5.74, 6) is 1.80. The van der Waals surface area contributed by atoms with Crippen molar-refractivity contribution in [2.45, 2.75) is 6.54 Å². The zero-order valence-corrected chi connectivity index (χ0v) is 17.6. The lowest BCUT2D eigenvalue weighted by atomic mass is 10.2. The van der Waals surface area contributed by atoms with Crippen LogP contribution >= 0.6 is 11.3 Å². The van der Waals surface area contributed by atoms with Crippen LogP contribution in [0, 0.1) is 0 Å². The van der Waals surface area contributed by atoms with Crippen molar-refractivity contribution in [2.24, 2.45) is 0 Å². The molecule has 0 N–H and O–H groups in total. The van der Waals surface area contributed by atoms with Crippen molar-refractivity contribution in [3.8, 4) is 11.5 Å². The molecule has 0 saturated heterocycles. The van der Waals surface area contributed by atoms with E-state index >= 15 is 0 Å². The van der Waals surface area contributed by atoms with Gasteiger partial charge < -0.3 is 18.3 Å². The molecular weight excluding hydrogens is 416 g/mol. The topological polar surface area (TPSA) is 77.9 Å². The number of carbonyl (C=O) groups is 1. The van der Waals surface area contributed by atoms with Gasteiger partial charge in [0, 0.05) is 5.39 Å². The summed E-state index contributed by atoms with van der Waals surface area (Å²) in [6.07, 6.45) is 1.57. The first-order chi connectivity index (χ1) is 15.2. The fourth-order valence-corrected chi connectivity index (χ4v) is 4.47. The maximum Gasteiger partial charge on any atom is 0.296 e. The standard InChI is InChI=1S/C23H18N2O5S/c1-27-17-9-10-18(28-2)21-20(17)24-23(31-21)25(13-15-7-5-11-29-15)22(26)19-12-14-6-3-4-8-16(14)30-19/h3-12H,13H2,1-2H3. The number of aromatic nitrogens is 1. The van der Waals surface area contributed by atoms with Gasteiger partial charge in [-0.1, -0.05) is 29.5 Å². The van der Waals surface area contributed by atoms with Gasteiger partial charge in [0.15, 0.2) is 10.9 Å². The average molecular weight is 434 g/mol. The van der Waals surface area contributed by atoms with Crippen LogP contribution in [-0.2, 0) is 6.54 Å². The maximum atomic E-state index is 13.5. The zero-order chi connectivity index (χ0) is 21.4. The van der Waals surface area contributed by atoms with Crippen LogP contribution < -0.4 is 14.4 Å². The van der Waals surface area contributed by atoms with Crippen LogP contribution in [0.5, 0.6) is 11.5 Å². The minimum Gasteiger partial charge on any atom is -0.495 e. The molecule has 0 aliphatic heterocycles. The first-order valence-corrected chi connectivity index (χ1v) is 10.3. The minimum absolute atomic E-state index is 0.202. The number of anilines is 1. The van der Waals surface area contributed by atoms with Gasteiger partial charge in [-0.25, -0.2) is 4.98 Å². The molecule has 8 heteroatoms. The second kappa shape index (κ2) is 7.81. The van der Waals surface area contributed by atoms with Crippen LogP contribution in [0.25, 0.3) is 21.2 Å². The largest absolute Gasteiger partial charge is 0.495 e. The van der Waals surface area contributed by atoms with E-state index in [1.165, 1.54) is 11.3 Å². The van der Waals surface area contributed by atoms with E-state index in [2.05, 4.69) is 0 Å². The molecule has 5 aromatic rings. The molecule has 3 aromatic heterocycles. The summed E-state index contributed by atoms with van der Waals surface area (Å²) in [4.78, 5) is 19.8. The number of methoxy groups -OCH3 is 2. The Labute approximate surface area is 181 Å². The summed E-state index contributed by atoms with van der Waals surface area (Å²) >= 11 is 1.34. The van der Waals surface area contributed by atoms with E-state index in [0.717, 1.165) is 10.1 Å². The third-order valence-electron chi connectivity index (χ3n) is 4.91. The molecule has 0 atom stereocenters. The number of fused-ring (bicyclic) bond motifs is 2. The predicted octanol–water partition coefficient (Wildman–Crippen LogP) is 5.50. The van der Waals surface area contributed by atoms with Gasteiger partial charge in [0.25, 0.3) is 5.91 Å². The lowest BCUT2D eigenvalue weighted by Crippen LogP contribution is -2.29. The zero-order valence-electron chi connectivity index (χ0n) is 16.8. The summed E-state index contributed by atoms with van der Waals surface area (Å²) in [5.41, 5.74) is 1.28. The van der Waals surface area contributed by atoms with E-state index in [4.69, 9.17) is 23.3 Å². The van der Waals surface area contributed by atoms with Gasteiger partial charge >= 0.3 is 0 Å². The number of carbonyl (C=O) groups excluding carboxylic acids is 1. The monoisotopic (exact) mass is 434 g/mol. The SMILES string of the molecule is COc1ccc(OC)c2sc(N(Cc3ccco3)C(=O)c3cc4ccccc4o3)nc12. The van der Waals surface area contributed by atoms with Crippen LogP contribution in [-0.4, -0.2) is 25.1 Å². The number of para-hydroxylation sites is 1. The predicted molar refractivity (Wildman–Crippen MR) is 118 cm³/mol. The van der Waals surface area contributed by atoms with Crippen molar-refractivity contribution in [1.82, 2.24) is 4.98 Å². The summed E-state index contributed by atoms with van der Waals surface area (Å²) in [5, 5.41) is 1.34. The summed E-state index contributed by atoms with van der Waals surface area (Å²) in [6, 6.07) is 16.4. The molecule has 7 nitrogen and oxygen atoms in total. The third kappa shape index (κ3) is 3.40. The smallest absolute Gasteiger partial charge is 0.296 e. The number of hydrogen-bond acceptors (Lipinski definition) is 7. The third-order valence-corrected chi connectivity index (χ3v) is 6.00. The van der Waals surface area contributed by atoms with Crippen molar-refractivity contribution < 1.29 is 23.1 Å². The second-order valence-electron chi connectivity index (χ2n) is 6.76. The van der Waals surface area contributed by atoms with E-state index in [1.54, 1.807) is 43.6 Å². The molecule has 1 amide bonds. The van der Waals surface area contributed by atoms with Gasteiger partial charge in [0.1, 0.15) is 33.1 Å². The highest BCUT2D eigenvalue weighted by Crippen LogP contribution is 2.41. The van der Waals surface area contributed by atoms with Gasteiger partial charge in [-0.3, -0.25) is 9.69 Å². The molecule has 0 bridgehead atoms. The Balaban J connectivity index is 1.63. The van der Waals surface area contributed by atoms with Crippen molar-refractivity contribution in [3.63, 3.8) is 0 Å². The molecule has 0 radical (unpaired) electrons. The fourth-order valence-electron chi connectivity index (χ4n) is 3.39. The van der Waals surface area contributed by atoms with Gasteiger partial charge in [-0.05, 0) is 36.4 Å². The molecule has 0 aliphatic rings. The number of nitrogens with zero attached hydrogens (tertiary/aromatic N) is 2. The molecule has 0 unspecified atom stereocenters. The van der Waals surface area contributed by atoms with Crippen LogP contribution in [0.1, 0.15) is 16.3 Å². The van der Waals surface area contributed by atoms with Gasteiger partial charge in [0.05, 0.1) is 27.0 Å². The molecule has 0 aliphatic carbocycles. The Morgan fingerprint density at radius 1 is 1.06 bits per heavy atom. The normalized spacial score (nSPS) is 11.2. The van der Waals surface area contributed by atoms with E-state index < -0.39 is 0 Å². The molecule has 31 heavy (non-hydrogen) atoms. The Morgan fingerprint density at radius 2 is 1.87 bits per heavy atom. The molecule has 0 spiro atoms. The molecule has 156 valence electrons. The molecule has 2 aromatic carbocycles. The molecule has 0 saturated carbocycles. The van der Waals surface area contributed by atoms with E-state index in [1.807, 2.05) is 36.4 Å². The highest BCUT2D eigenvalue weighted by Gasteiger charge is 2.27. The summed E-state index contributed by atoms with van der Waals surface area (Å²) < 4.78 is 23.1. The number of benzene rings is 2. The van der Waals surface area contributed by atoms with E-state index in [-0.39, 0.29) is 18.2 Å². The fraction of sp³-hybridized carbons (Fsp3) is 0.130. The van der Waals surface area contributed by atoms with Crippen LogP contribution in [0.2, 0.25) is 0 Å². The average Bonchev–Trinajstić information content (AvgIpc) is 3.55.